The van der Waals surface area contributed by atoms with Crippen molar-refractivity contribution in [3.63, 3.8) is 0 Å². The smallest absolute Gasteiger partial charge is 0.328 e. The lowest BCUT2D eigenvalue weighted by Crippen LogP contribution is -2.56. The summed E-state index contributed by atoms with van der Waals surface area (Å²) in [5.41, 5.74) is 0.773. The maximum absolute atomic E-state index is 13.4. The molecule has 152 valence electrons. The van der Waals surface area contributed by atoms with Gasteiger partial charge in [0.15, 0.2) is 0 Å². The van der Waals surface area contributed by atoms with Crippen molar-refractivity contribution in [2.75, 3.05) is 7.11 Å². The Morgan fingerprint density at radius 2 is 1.62 bits per heavy atom. The lowest BCUT2D eigenvalue weighted by molar-refractivity contribution is -0.152. The second-order valence-electron chi connectivity index (χ2n) is 9.63. The van der Waals surface area contributed by atoms with Crippen molar-refractivity contribution in [2.24, 2.45) is 23.2 Å². The number of hydrogen-bond acceptors (Lipinski definition) is 3. The molecule has 0 aromatic heterocycles. The Morgan fingerprint density at radius 1 is 1.00 bits per heavy atom. The van der Waals surface area contributed by atoms with Crippen LogP contribution < -0.4 is 5.32 Å². The molecule has 6 rings (SSSR count). The zero-order valence-corrected chi connectivity index (χ0v) is 17.0. The Bertz CT molecular complexity index is 915. The summed E-state index contributed by atoms with van der Waals surface area (Å²) in [5.74, 6) is 1.81. The molecule has 0 aliphatic heterocycles. The molecule has 4 aliphatic carbocycles. The molecule has 4 aliphatic rings. The highest BCUT2D eigenvalue weighted by atomic mass is 16.5. The molecule has 1 atom stereocenters. The first-order chi connectivity index (χ1) is 14.0. The van der Waals surface area contributed by atoms with Gasteiger partial charge in [0.1, 0.15) is 6.04 Å². The number of hydrogen-bond donors (Lipinski definition) is 1. The lowest BCUT2D eigenvalue weighted by atomic mass is 9.49. The lowest BCUT2D eigenvalue weighted by Gasteiger charge is -2.55. The molecule has 0 saturated heterocycles. The van der Waals surface area contributed by atoms with E-state index >= 15 is 0 Å². The number of methoxy groups -OCH3 is 1. The number of rotatable bonds is 5. The van der Waals surface area contributed by atoms with Crippen LogP contribution in [0.5, 0.6) is 0 Å². The molecule has 4 nitrogen and oxygen atoms in total. The monoisotopic (exact) mass is 391 g/mol. The van der Waals surface area contributed by atoms with E-state index < -0.39 is 6.04 Å². The van der Waals surface area contributed by atoms with E-state index in [1.807, 2.05) is 18.2 Å². The number of ether oxygens (including phenoxy) is 1. The molecule has 4 heteroatoms. The van der Waals surface area contributed by atoms with E-state index in [4.69, 9.17) is 4.74 Å². The molecule has 0 radical (unpaired) electrons. The highest BCUT2D eigenvalue weighted by Crippen LogP contribution is 2.60. The van der Waals surface area contributed by atoms with Crippen LogP contribution in [-0.4, -0.2) is 25.0 Å². The summed E-state index contributed by atoms with van der Waals surface area (Å²) in [4.78, 5) is 25.9. The van der Waals surface area contributed by atoms with Crippen LogP contribution in [0.2, 0.25) is 0 Å². The second-order valence-corrected chi connectivity index (χ2v) is 9.63. The largest absolute Gasteiger partial charge is 0.467 e. The number of nitrogens with one attached hydrogen (secondary N) is 1. The molecule has 4 bridgehead atoms. The summed E-state index contributed by atoms with van der Waals surface area (Å²) in [6.45, 7) is 0. The van der Waals surface area contributed by atoms with Crippen molar-refractivity contribution < 1.29 is 14.3 Å². The molecule has 2 aromatic carbocycles. The average molecular weight is 392 g/mol. The average Bonchev–Trinajstić information content (AvgIpc) is 2.71. The molecule has 0 heterocycles. The van der Waals surface area contributed by atoms with Crippen LogP contribution in [0.25, 0.3) is 10.8 Å². The minimum absolute atomic E-state index is 0.0767. The van der Waals surface area contributed by atoms with Crippen LogP contribution >= 0.6 is 0 Å². The minimum atomic E-state index is -0.637. The normalized spacial score (nSPS) is 30.9. The first-order valence-electron chi connectivity index (χ1n) is 10.9. The summed E-state index contributed by atoms with van der Waals surface area (Å²) in [6, 6.07) is 13.7. The topological polar surface area (TPSA) is 55.4 Å². The van der Waals surface area contributed by atoms with Gasteiger partial charge >= 0.3 is 5.97 Å². The van der Waals surface area contributed by atoms with E-state index in [0.29, 0.717) is 24.2 Å². The maximum Gasteiger partial charge on any atom is 0.328 e. The Balaban J connectivity index is 1.35. The highest BCUT2D eigenvalue weighted by Gasteiger charge is 2.55. The number of fused-ring (bicyclic) bond motifs is 1. The molecular formula is C25H29NO3. The van der Waals surface area contributed by atoms with Gasteiger partial charge in [0.25, 0.3) is 0 Å². The van der Waals surface area contributed by atoms with Gasteiger partial charge in [-0.05, 0) is 72.6 Å². The highest BCUT2D eigenvalue weighted by molar-refractivity contribution is 5.89. The van der Waals surface area contributed by atoms with E-state index in [2.05, 4.69) is 29.6 Å². The van der Waals surface area contributed by atoms with Crippen molar-refractivity contribution >= 4 is 22.6 Å². The standard InChI is InChI=1S/C25H29NO3/c1-29-23(27)22(12-16-6-7-20-4-2-3-5-21(20)11-16)26-24(28)25-13-17-8-18(14-25)10-19(9-17)15-25/h2-7,11,17-19,22H,8-10,12-15H2,1H3,(H,26,28)/t17?,18?,19?,22-,25?/m0/s1. The number of carbonyl (C=O) groups is 2. The Hall–Kier alpha value is -2.36. The fraction of sp³-hybridized carbons (Fsp3) is 0.520. The van der Waals surface area contributed by atoms with Gasteiger partial charge in [0, 0.05) is 11.8 Å². The number of esters is 1. The van der Waals surface area contributed by atoms with Crippen LogP contribution in [0.1, 0.15) is 44.1 Å². The van der Waals surface area contributed by atoms with E-state index in [0.717, 1.165) is 30.2 Å². The number of carbonyl (C=O) groups excluding carboxylic acids is 2. The van der Waals surface area contributed by atoms with E-state index in [-0.39, 0.29) is 17.3 Å². The van der Waals surface area contributed by atoms with Crippen molar-refractivity contribution in [3.05, 3.63) is 48.0 Å². The zero-order chi connectivity index (χ0) is 20.0. The maximum atomic E-state index is 13.4. The molecular weight excluding hydrogens is 362 g/mol. The third-order valence-electron chi connectivity index (χ3n) is 7.56. The summed E-state index contributed by atoms with van der Waals surface area (Å²) in [5, 5.41) is 5.42. The second kappa shape index (κ2) is 7.16. The first-order valence-corrected chi connectivity index (χ1v) is 10.9. The van der Waals surface area contributed by atoms with Crippen LogP contribution in [0.4, 0.5) is 0 Å². The molecule has 2 aromatic rings. The predicted molar refractivity (Wildman–Crippen MR) is 112 cm³/mol. The van der Waals surface area contributed by atoms with Crippen LogP contribution in [0.3, 0.4) is 0 Å². The van der Waals surface area contributed by atoms with Crippen molar-refractivity contribution in [2.45, 2.75) is 51.0 Å². The molecule has 29 heavy (non-hydrogen) atoms. The third kappa shape index (κ3) is 3.43. The number of benzene rings is 2. The first kappa shape index (κ1) is 18.7. The van der Waals surface area contributed by atoms with Gasteiger partial charge in [-0.1, -0.05) is 42.5 Å². The quantitative estimate of drug-likeness (QED) is 0.775. The Labute approximate surface area is 172 Å². The number of amides is 1. The molecule has 1 amide bonds. The SMILES string of the molecule is COC(=O)[C@H](Cc1ccc2ccccc2c1)NC(=O)C12CC3CC(CC(C3)C1)C2. The van der Waals surface area contributed by atoms with Gasteiger partial charge < -0.3 is 10.1 Å². The van der Waals surface area contributed by atoms with Crippen molar-refractivity contribution in [1.82, 2.24) is 5.32 Å². The molecule has 1 N–H and O–H groups in total. The molecule has 4 fully saturated rings. The Kier molecular flexibility index (Phi) is 4.60. The van der Waals surface area contributed by atoms with Gasteiger partial charge in [-0.2, -0.15) is 0 Å². The van der Waals surface area contributed by atoms with Gasteiger partial charge in [-0.25, -0.2) is 4.79 Å². The summed E-state index contributed by atoms with van der Waals surface area (Å²) in [7, 11) is 1.40. The minimum Gasteiger partial charge on any atom is -0.467 e. The fourth-order valence-electron chi connectivity index (χ4n) is 6.64. The molecule has 4 saturated carbocycles. The Morgan fingerprint density at radius 3 is 2.24 bits per heavy atom. The van der Waals surface area contributed by atoms with Crippen molar-refractivity contribution in [3.8, 4) is 0 Å². The summed E-state index contributed by atoms with van der Waals surface area (Å²) >= 11 is 0. The van der Waals surface area contributed by atoms with E-state index in [1.54, 1.807) is 0 Å². The van der Waals surface area contributed by atoms with Gasteiger partial charge in [0.2, 0.25) is 5.91 Å². The van der Waals surface area contributed by atoms with Crippen molar-refractivity contribution in [1.29, 1.82) is 0 Å². The van der Waals surface area contributed by atoms with Gasteiger partial charge in [0.05, 0.1) is 7.11 Å². The zero-order valence-electron chi connectivity index (χ0n) is 17.0. The van der Waals surface area contributed by atoms with Gasteiger partial charge in [-0.15, -0.1) is 0 Å². The van der Waals surface area contributed by atoms with Gasteiger partial charge in [-0.3, -0.25) is 4.79 Å². The van der Waals surface area contributed by atoms with E-state index in [9.17, 15) is 9.59 Å². The van der Waals surface area contributed by atoms with Crippen LogP contribution in [-0.2, 0) is 20.7 Å². The summed E-state index contributed by atoms with van der Waals surface area (Å²) < 4.78 is 5.04. The molecule has 0 unspecified atom stereocenters. The van der Waals surface area contributed by atoms with E-state index in [1.165, 1.54) is 31.8 Å². The van der Waals surface area contributed by atoms with Crippen LogP contribution in [0.15, 0.2) is 42.5 Å². The third-order valence-corrected chi connectivity index (χ3v) is 7.56. The fourth-order valence-corrected chi connectivity index (χ4v) is 6.64. The van der Waals surface area contributed by atoms with Crippen LogP contribution in [0, 0.1) is 23.2 Å². The molecule has 0 spiro atoms. The predicted octanol–water partition coefficient (Wildman–Crippen LogP) is 4.26. The summed E-state index contributed by atoms with van der Waals surface area (Å²) in [6.07, 6.45) is 7.33.